The summed E-state index contributed by atoms with van der Waals surface area (Å²) in [4.78, 5) is 38.6. The van der Waals surface area contributed by atoms with Crippen LogP contribution in [0.2, 0.25) is 0 Å². The second kappa shape index (κ2) is 8.64. The third-order valence-corrected chi connectivity index (χ3v) is 4.64. The van der Waals surface area contributed by atoms with Gasteiger partial charge in [-0.05, 0) is 37.8 Å². The average molecular weight is 363 g/mol. The molecule has 1 aromatic carbocycles. The lowest BCUT2D eigenvalue weighted by atomic mass is 10.00. The van der Waals surface area contributed by atoms with Gasteiger partial charge in [0, 0.05) is 32.7 Å². The Labute approximate surface area is 152 Å². The number of hydrogen-bond donors (Lipinski definition) is 0. The van der Waals surface area contributed by atoms with Crippen molar-refractivity contribution in [1.29, 1.82) is 0 Å². The topological polar surface area (TPSA) is 93.0 Å². The van der Waals surface area contributed by atoms with Crippen LogP contribution in [0.5, 0.6) is 0 Å². The molecule has 0 bridgehead atoms. The van der Waals surface area contributed by atoms with Gasteiger partial charge in [-0.3, -0.25) is 14.9 Å². The lowest BCUT2D eigenvalue weighted by Gasteiger charge is -2.35. The fourth-order valence-electron chi connectivity index (χ4n) is 3.22. The Morgan fingerprint density at radius 1 is 1.35 bits per heavy atom. The number of rotatable bonds is 6. The SMILES string of the molecule is CC[C@@H]1CCCCN1C(=O)COC(=O)c1ccc(N(C)C)c([N+](=O)[O-])c1. The number of hydrogen-bond acceptors (Lipinski definition) is 6. The Kier molecular flexibility index (Phi) is 6.54. The van der Waals surface area contributed by atoms with Gasteiger partial charge < -0.3 is 14.5 Å². The number of nitro groups is 1. The molecule has 8 nitrogen and oxygen atoms in total. The van der Waals surface area contributed by atoms with Crippen LogP contribution >= 0.6 is 0 Å². The summed E-state index contributed by atoms with van der Waals surface area (Å²) in [6, 6.07) is 4.33. The zero-order chi connectivity index (χ0) is 19.3. The minimum absolute atomic E-state index is 0.0563. The molecule has 0 saturated carbocycles. The molecule has 1 saturated heterocycles. The Morgan fingerprint density at radius 2 is 2.08 bits per heavy atom. The summed E-state index contributed by atoms with van der Waals surface area (Å²) in [6.07, 6.45) is 3.89. The van der Waals surface area contributed by atoms with Crippen LogP contribution in [0, 0.1) is 10.1 Å². The summed E-state index contributed by atoms with van der Waals surface area (Å²) in [5, 5.41) is 11.2. The molecule has 1 amide bonds. The molecule has 0 aromatic heterocycles. The van der Waals surface area contributed by atoms with E-state index >= 15 is 0 Å². The number of ether oxygens (including phenoxy) is 1. The Morgan fingerprint density at radius 3 is 2.69 bits per heavy atom. The van der Waals surface area contributed by atoms with Crippen molar-refractivity contribution in [1.82, 2.24) is 4.90 Å². The molecule has 8 heteroatoms. The molecule has 1 heterocycles. The third kappa shape index (κ3) is 4.50. The highest BCUT2D eigenvalue weighted by Gasteiger charge is 2.26. The zero-order valence-corrected chi connectivity index (χ0v) is 15.4. The normalized spacial score (nSPS) is 16.9. The predicted octanol–water partition coefficient (Wildman–Crippen LogP) is 2.61. The number of carbonyl (C=O) groups is 2. The van der Waals surface area contributed by atoms with E-state index in [4.69, 9.17) is 4.74 Å². The predicted molar refractivity (Wildman–Crippen MR) is 97.3 cm³/mol. The molecule has 1 fully saturated rings. The number of benzene rings is 1. The fourth-order valence-corrected chi connectivity index (χ4v) is 3.22. The van der Waals surface area contributed by atoms with E-state index in [1.165, 1.54) is 18.2 Å². The summed E-state index contributed by atoms with van der Waals surface area (Å²) >= 11 is 0. The van der Waals surface area contributed by atoms with Crippen molar-refractivity contribution in [2.24, 2.45) is 0 Å². The van der Waals surface area contributed by atoms with Crippen LogP contribution in [-0.2, 0) is 9.53 Å². The Hall–Kier alpha value is -2.64. The first kappa shape index (κ1) is 19.7. The minimum atomic E-state index is -0.739. The van der Waals surface area contributed by atoms with Crippen LogP contribution in [0.15, 0.2) is 18.2 Å². The maximum absolute atomic E-state index is 12.4. The van der Waals surface area contributed by atoms with E-state index in [1.807, 2.05) is 6.92 Å². The molecule has 1 aliphatic heterocycles. The van der Waals surface area contributed by atoms with E-state index in [0.717, 1.165) is 25.7 Å². The number of nitrogens with zero attached hydrogens (tertiary/aromatic N) is 3. The van der Waals surface area contributed by atoms with Gasteiger partial charge in [0.15, 0.2) is 6.61 Å². The lowest BCUT2D eigenvalue weighted by molar-refractivity contribution is -0.384. The minimum Gasteiger partial charge on any atom is -0.452 e. The highest BCUT2D eigenvalue weighted by Crippen LogP contribution is 2.28. The molecule has 142 valence electrons. The first-order chi connectivity index (χ1) is 12.3. The largest absolute Gasteiger partial charge is 0.452 e. The monoisotopic (exact) mass is 363 g/mol. The van der Waals surface area contributed by atoms with Crippen molar-refractivity contribution in [2.45, 2.75) is 38.6 Å². The third-order valence-electron chi connectivity index (χ3n) is 4.64. The molecule has 1 aromatic rings. The van der Waals surface area contributed by atoms with Crippen molar-refractivity contribution in [3.8, 4) is 0 Å². The molecular formula is C18H25N3O5. The Bertz CT molecular complexity index is 689. The maximum atomic E-state index is 12.4. The number of anilines is 1. The average Bonchev–Trinajstić information content (AvgIpc) is 2.64. The highest BCUT2D eigenvalue weighted by molar-refractivity contribution is 5.93. The molecule has 0 N–H and O–H groups in total. The van der Waals surface area contributed by atoms with Crippen LogP contribution in [0.1, 0.15) is 43.0 Å². The number of likely N-dealkylation sites (tertiary alicyclic amines) is 1. The summed E-state index contributed by atoms with van der Waals surface area (Å²) in [7, 11) is 3.36. The van der Waals surface area contributed by atoms with Crippen LogP contribution in [0.3, 0.4) is 0 Å². The number of piperidine rings is 1. The van der Waals surface area contributed by atoms with Crippen molar-refractivity contribution in [3.63, 3.8) is 0 Å². The summed E-state index contributed by atoms with van der Waals surface area (Å²) in [5.41, 5.74) is 0.264. The van der Waals surface area contributed by atoms with Gasteiger partial charge in [0.1, 0.15) is 5.69 Å². The van der Waals surface area contributed by atoms with Crippen molar-refractivity contribution in [3.05, 3.63) is 33.9 Å². The number of esters is 1. The van der Waals surface area contributed by atoms with E-state index in [9.17, 15) is 19.7 Å². The van der Waals surface area contributed by atoms with E-state index < -0.39 is 10.9 Å². The second-order valence-corrected chi connectivity index (χ2v) is 6.58. The highest BCUT2D eigenvalue weighted by atomic mass is 16.6. The van der Waals surface area contributed by atoms with Crippen LogP contribution in [0.25, 0.3) is 0 Å². The van der Waals surface area contributed by atoms with Gasteiger partial charge in [-0.1, -0.05) is 6.92 Å². The van der Waals surface area contributed by atoms with Gasteiger partial charge in [0.25, 0.3) is 11.6 Å². The summed E-state index contributed by atoms with van der Waals surface area (Å²) < 4.78 is 5.10. The van der Waals surface area contributed by atoms with E-state index in [0.29, 0.717) is 12.2 Å². The molecule has 0 aliphatic carbocycles. The number of nitro benzene ring substituents is 1. The molecule has 2 rings (SSSR count). The van der Waals surface area contributed by atoms with Crippen LogP contribution in [-0.4, -0.2) is 55.0 Å². The molecular weight excluding hydrogens is 338 g/mol. The quantitative estimate of drug-likeness (QED) is 0.438. The Balaban J connectivity index is 2.04. The van der Waals surface area contributed by atoms with Gasteiger partial charge in [-0.2, -0.15) is 0 Å². The molecule has 0 spiro atoms. The van der Waals surface area contributed by atoms with Gasteiger partial charge >= 0.3 is 5.97 Å². The molecule has 0 radical (unpaired) electrons. The summed E-state index contributed by atoms with van der Waals surface area (Å²) in [6.45, 7) is 2.37. The lowest BCUT2D eigenvalue weighted by Crippen LogP contribution is -2.45. The van der Waals surface area contributed by atoms with Crippen LogP contribution < -0.4 is 4.90 Å². The van der Waals surface area contributed by atoms with Gasteiger partial charge in [-0.25, -0.2) is 4.79 Å². The molecule has 26 heavy (non-hydrogen) atoms. The van der Waals surface area contributed by atoms with E-state index in [-0.39, 0.29) is 29.8 Å². The van der Waals surface area contributed by atoms with E-state index in [2.05, 4.69) is 0 Å². The fraction of sp³-hybridized carbons (Fsp3) is 0.556. The smallest absolute Gasteiger partial charge is 0.338 e. The first-order valence-electron chi connectivity index (χ1n) is 8.77. The number of amides is 1. The van der Waals surface area contributed by atoms with Crippen molar-refractivity contribution in [2.75, 3.05) is 32.1 Å². The van der Waals surface area contributed by atoms with Crippen molar-refractivity contribution < 1.29 is 19.2 Å². The number of carbonyl (C=O) groups excluding carboxylic acids is 2. The van der Waals surface area contributed by atoms with Crippen molar-refractivity contribution >= 4 is 23.3 Å². The summed E-state index contributed by atoms with van der Waals surface area (Å²) in [5.74, 6) is -0.957. The maximum Gasteiger partial charge on any atom is 0.338 e. The standard InChI is InChI=1S/C18H25N3O5/c1-4-14-7-5-6-10-20(14)17(22)12-26-18(23)13-8-9-15(19(2)3)16(11-13)21(24)25/h8-9,11,14H,4-7,10,12H2,1-3H3/t14-/m1/s1. The molecule has 0 unspecified atom stereocenters. The van der Waals surface area contributed by atoms with Gasteiger partial charge in [0.05, 0.1) is 10.5 Å². The molecule has 1 aliphatic rings. The van der Waals surface area contributed by atoms with Crippen LogP contribution in [0.4, 0.5) is 11.4 Å². The zero-order valence-electron chi connectivity index (χ0n) is 15.4. The van der Waals surface area contributed by atoms with Gasteiger partial charge in [-0.15, -0.1) is 0 Å². The van der Waals surface area contributed by atoms with E-state index in [1.54, 1.807) is 23.9 Å². The first-order valence-corrected chi connectivity index (χ1v) is 8.77. The van der Waals surface area contributed by atoms with Gasteiger partial charge in [0.2, 0.25) is 0 Å². The second-order valence-electron chi connectivity index (χ2n) is 6.58. The molecule has 1 atom stereocenters.